The first-order valence-corrected chi connectivity index (χ1v) is 5.77. The number of alkyl halides is 1. The SMILES string of the molecule is CN1C(=O)C2N=C(CBr)C=NC2=[N+](C)C1=O. The lowest BCUT2D eigenvalue weighted by Crippen LogP contribution is -2.55. The Labute approximate surface area is 100 Å². The van der Waals surface area contributed by atoms with Crippen LogP contribution in [0.1, 0.15) is 0 Å². The molecular formula is C9H10BrN4O2+. The van der Waals surface area contributed by atoms with Crippen LogP contribution in [0.3, 0.4) is 0 Å². The highest BCUT2D eigenvalue weighted by Crippen LogP contribution is 2.12. The molecule has 0 aromatic carbocycles. The third kappa shape index (κ3) is 1.51. The van der Waals surface area contributed by atoms with Gasteiger partial charge in [-0.3, -0.25) is 9.79 Å². The number of amides is 3. The maximum absolute atomic E-state index is 11.8. The molecule has 0 aromatic heterocycles. The Balaban J connectivity index is 2.51. The van der Waals surface area contributed by atoms with Crippen molar-refractivity contribution in [3.8, 4) is 0 Å². The van der Waals surface area contributed by atoms with Crippen LogP contribution in [0.2, 0.25) is 0 Å². The Bertz CT molecular complexity index is 466. The molecule has 0 aliphatic carbocycles. The van der Waals surface area contributed by atoms with E-state index in [9.17, 15) is 9.59 Å². The first-order valence-electron chi connectivity index (χ1n) is 4.65. The van der Waals surface area contributed by atoms with Gasteiger partial charge < -0.3 is 0 Å². The molecule has 0 radical (unpaired) electrons. The summed E-state index contributed by atoms with van der Waals surface area (Å²) in [5, 5.41) is 0.537. The van der Waals surface area contributed by atoms with Crippen LogP contribution in [-0.4, -0.2) is 64.6 Å². The fraction of sp³-hybridized carbons (Fsp3) is 0.444. The van der Waals surface area contributed by atoms with Gasteiger partial charge >= 0.3 is 11.9 Å². The number of halogens is 1. The molecular weight excluding hydrogens is 276 g/mol. The third-order valence-electron chi connectivity index (χ3n) is 2.50. The zero-order valence-corrected chi connectivity index (χ0v) is 10.4. The number of fused-ring (bicyclic) bond motifs is 1. The van der Waals surface area contributed by atoms with Crippen molar-refractivity contribution < 1.29 is 14.2 Å². The number of rotatable bonds is 1. The molecule has 0 saturated heterocycles. The number of likely N-dealkylation sites (N-methyl/N-ethyl adjacent to an activating group) is 1. The molecule has 84 valence electrons. The van der Waals surface area contributed by atoms with Crippen molar-refractivity contribution in [3.05, 3.63) is 0 Å². The lowest BCUT2D eigenvalue weighted by atomic mass is 10.1. The van der Waals surface area contributed by atoms with Gasteiger partial charge in [0.2, 0.25) is 6.04 Å². The zero-order chi connectivity index (χ0) is 11.9. The highest BCUT2D eigenvalue weighted by Gasteiger charge is 2.45. The number of carbonyl (C=O) groups excluding carboxylic acids is 2. The monoisotopic (exact) mass is 285 g/mol. The van der Waals surface area contributed by atoms with Crippen LogP contribution >= 0.6 is 15.9 Å². The molecule has 3 amide bonds. The summed E-state index contributed by atoms with van der Waals surface area (Å²) < 4.78 is 1.34. The van der Waals surface area contributed by atoms with Gasteiger partial charge in [-0.15, -0.1) is 4.99 Å². The number of amidine groups is 1. The van der Waals surface area contributed by atoms with Crippen molar-refractivity contribution in [3.63, 3.8) is 0 Å². The van der Waals surface area contributed by atoms with Crippen molar-refractivity contribution in [1.29, 1.82) is 0 Å². The van der Waals surface area contributed by atoms with Gasteiger partial charge in [-0.1, -0.05) is 15.9 Å². The number of imide groups is 1. The number of hydrogen-bond donors (Lipinski definition) is 0. The molecule has 0 aromatic rings. The van der Waals surface area contributed by atoms with E-state index in [2.05, 4.69) is 25.9 Å². The Kier molecular flexibility index (Phi) is 2.71. The summed E-state index contributed by atoms with van der Waals surface area (Å²) in [7, 11) is 3.03. The third-order valence-corrected chi connectivity index (χ3v) is 3.08. The maximum atomic E-state index is 11.8. The zero-order valence-electron chi connectivity index (χ0n) is 8.85. The van der Waals surface area contributed by atoms with Crippen molar-refractivity contribution in [2.75, 3.05) is 19.4 Å². The van der Waals surface area contributed by atoms with Crippen LogP contribution in [0.25, 0.3) is 0 Å². The minimum absolute atomic E-state index is 0.339. The number of nitrogens with zero attached hydrogens (tertiary/aromatic N) is 4. The fourth-order valence-electron chi connectivity index (χ4n) is 1.57. The number of aliphatic imine (C=N–C) groups is 2. The van der Waals surface area contributed by atoms with Crippen molar-refractivity contribution >= 4 is 45.6 Å². The van der Waals surface area contributed by atoms with Crippen molar-refractivity contribution in [1.82, 2.24) is 4.90 Å². The predicted octanol–water partition coefficient (Wildman–Crippen LogP) is -0.0919. The molecule has 2 aliphatic heterocycles. The highest BCUT2D eigenvalue weighted by molar-refractivity contribution is 9.09. The molecule has 0 spiro atoms. The summed E-state index contributed by atoms with van der Waals surface area (Å²) in [6.45, 7) is 0. The maximum Gasteiger partial charge on any atom is 0.445 e. The van der Waals surface area contributed by atoms with E-state index < -0.39 is 6.04 Å². The van der Waals surface area contributed by atoms with E-state index >= 15 is 0 Å². The van der Waals surface area contributed by atoms with E-state index in [0.29, 0.717) is 16.9 Å². The smallest absolute Gasteiger partial charge is 0.260 e. The van der Waals surface area contributed by atoms with Crippen LogP contribution in [-0.2, 0) is 4.79 Å². The average molecular weight is 286 g/mol. The summed E-state index contributed by atoms with van der Waals surface area (Å²) in [4.78, 5) is 32.9. The standard InChI is InChI=1S/C9H10BrN4O2/c1-13-7-6(8(15)14(2)9(13)16)12-5(3-10)4-11-7/h4,6H,3H2,1-2H3/q+1. The highest BCUT2D eigenvalue weighted by atomic mass is 79.9. The van der Waals surface area contributed by atoms with Gasteiger partial charge in [-0.2, -0.15) is 9.48 Å². The fourth-order valence-corrected chi connectivity index (χ4v) is 1.86. The minimum atomic E-state index is -0.690. The summed E-state index contributed by atoms with van der Waals surface area (Å²) >= 11 is 3.25. The average Bonchev–Trinajstić information content (AvgIpc) is 2.33. The molecule has 16 heavy (non-hydrogen) atoms. The molecule has 0 N–H and O–H groups in total. The molecule has 6 nitrogen and oxygen atoms in total. The molecule has 1 unspecified atom stereocenters. The quantitative estimate of drug-likeness (QED) is 0.499. The van der Waals surface area contributed by atoms with Crippen LogP contribution in [0.4, 0.5) is 4.79 Å². The van der Waals surface area contributed by atoms with E-state index in [0.717, 1.165) is 4.90 Å². The summed E-state index contributed by atoms with van der Waals surface area (Å²) in [5.41, 5.74) is 0.693. The topological polar surface area (TPSA) is 65.1 Å². The Morgan fingerprint density at radius 3 is 2.88 bits per heavy atom. The molecule has 2 aliphatic rings. The second-order valence-corrected chi connectivity index (χ2v) is 4.07. The molecule has 2 heterocycles. The largest absolute Gasteiger partial charge is 0.445 e. The van der Waals surface area contributed by atoms with Gasteiger partial charge in [-0.25, -0.2) is 4.79 Å². The first kappa shape index (κ1) is 11.1. The van der Waals surface area contributed by atoms with E-state index in [1.807, 2.05) is 0 Å². The van der Waals surface area contributed by atoms with Gasteiger partial charge in [0.05, 0.1) is 19.8 Å². The van der Waals surface area contributed by atoms with Gasteiger partial charge in [0.1, 0.15) is 6.21 Å². The van der Waals surface area contributed by atoms with Gasteiger partial charge in [0.15, 0.2) is 0 Å². The first-order chi connectivity index (χ1) is 7.56. The summed E-state index contributed by atoms with van der Waals surface area (Å²) in [5.74, 6) is 0.0474. The van der Waals surface area contributed by atoms with Gasteiger partial charge in [-0.05, 0) is 0 Å². The van der Waals surface area contributed by atoms with Gasteiger partial charge in [0, 0.05) is 5.33 Å². The van der Waals surface area contributed by atoms with Crippen molar-refractivity contribution in [2.24, 2.45) is 9.98 Å². The Hall–Kier alpha value is -1.37. The van der Waals surface area contributed by atoms with E-state index in [1.54, 1.807) is 13.3 Å². The Morgan fingerprint density at radius 1 is 1.56 bits per heavy atom. The second kappa shape index (κ2) is 3.89. The molecule has 7 heteroatoms. The second-order valence-electron chi connectivity index (χ2n) is 3.51. The van der Waals surface area contributed by atoms with E-state index in [4.69, 9.17) is 0 Å². The molecule has 0 bridgehead atoms. The predicted molar refractivity (Wildman–Crippen MR) is 62.9 cm³/mol. The molecule has 2 rings (SSSR count). The van der Waals surface area contributed by atoms with Crippen LogP contribution in [0.5, 0.6) is 0 Å². The van der Waals surface area contributed by atoms with Gasteiger partial charge in [0.25, 0.3) is 5.84 Å². The molecule has 0 fully saturated rings. The number of urea groups is 1. The lowest BCUT2D eigenvalue weighted by Gasteiger charge is -2.22. The lowest BCUT2D eigenvalue weighted by molar-refractivity contribution is -0.406. The van der Waals surface area contributed by atoms with Crippen LogP contribution in [0, 0.1) is 0 Å². The minimum Gasteiger partial charge on any atom is -0.260 e. The van der Waals surface area contributed by atoms with Crippen molar-refractivity contribution in [2.45, 2.75) is 6.04 Å². The number of hydrogen-bond acceptors (Lipinski definition) is 4. The van der Waals surface area contributed by atoms with E-state index in [1.165, 1.54) is 11.6 Å². The summed E-state index contributed by atoms with van der Waals surface area (Å²) in [6, 6.07) is -1.07. The van der Waals surface area contributed by atoms with Crippen LogP contribution in [0.15, 0.2) is 9.98 Å². The Morgan fingerprint density at radius 2 is 2.25 bits per heavy atom. The molecule has 1 atom stereocenters. The molecule has 0 saturated carbocycles. The van der Waals surface area contributed by atoms with Crippen LogP contribution < -0.4 is 0 Å². The van der Waals surface area contributed by atoms with E-state index in [-0.39, 0.29) is 11.9 Å². The summed E-state index contributed by atoms with van der Waals surface area (Å²) in [6.07, 6.45) is 1.56. The number of carbonyl (C=O) groups is 2. The normalized spacial score (nSPS) is 24.8.